The fourth-order valence-corrected chi connectivity index (χ4v) is 5.24. The number of amides is 1. The second kappa shape index (κ2) is 9.12. The van der Waals surface area contributed by atoms with Crippen LogP contribution in [0.15, 0.2) is 36.8 Å². The molecule has 0 saturated heterocycles. The zero-order valence-corrected chi connectivity index (χ0v) is 20.9. The number of carbonyl (C=O) groups is 1. The largest absolute Gasteiger partial charge is 0.383 e. The van der Waals surface area contributed by atoms with E-state index in [-0.39, 0.29) is 23.5 Å². The number of anilines is 2. The van der Waals surface area contributed by atoms with Crippen LogP contribution in [0.3, 0.4) is 0 Å². The third-order valence-corrected chi connectivity index (χ3v) is 7.25. The maximum atomic E-state index is 14.3. The minimum atomic E-state index is -0.673. The molecular formula is C26H27F2N9O. The Morgan fingerprint density at radius 2 is 1.97 bits per heavy atom. The van der Waals surface area contributed by atoms with Crippen molar-refractivity contribution >= 4 is 39.5 Å². The Kier molecular flexibility index (Phi) is 5.73. The Balaban J connectivity index is 1.29. The molecule has 10 nitrogen and oxygen atoms in total. The summed E-state index contributed by atoms with van der Waals surface area (Å²) >= 11 is 0. The molecule has 2 atom stereocenters. The van der Waals surface area contributed by atoms with E-state index in [1.54, 1.807) is 13.2 Å². The summed E-state index contributed by atoms with van der Waals surface area (Å²) in [6.07, 6.45) is 8.33. The van der Waals surface area contributed by atoms with E-state index >= 15 is 0 Å². The number of carbonyl (C=O) groups excluding carboxylic acids is 1. The van der Waals surface area contributed by atoms with Crippen molar-refractivity contribution < 1.29 is 13.6 Å². The van der Waals surface area contributed by atoms with Gasteiger partial charge in [0.25, 0.3) is 5.91 Å². The van der Waals surface area contributed by atoms with Gasteiger partial charge in [0.2, 0.25) is 0 Å². The number of rotatable bonds is 5. The zero-order chi connectivity index (χ0) is 26.6. The summed E-state index contributed by atoms with van der Waals surface area (Å²) in [4.78, 5) is 25.2. The van der Waals surface area contributed by atoms with Crippen molar-refractivity contribution in [2.45, 2.75) is 37.8 Å². The lowest BCUT2D eigenvalue weighted by Crippen LogP contribution is -2.42. The molecule has 0 unspecified atom stereocenters. The fraction of sp³-hybridized carbons (Fsp3) is 0.308. The molecular weight excluding hydrogens is 492 g/mol. The lowest BCUT2D eigenvalue weighted by Gasteiger charge is -2.30. The summed E-state index contributed by atoms with van der Waals surface area (Å²) in [5, 5.41) is 11.9. The third kappa shape index (κ3) is 4.11. The molecule has 0 radical (unpaired) electrons. The molecule has 1 amide bonds. The summed E-state index contributed by atoms with van der Waals surface area (Å²) in [5.41, 5.74) is 7.73. The highest BCUT2D eigenvalue weighted by atomic mass is 19.1. The molecule has 1 saturated carbocycles. The van der Waals surface area contributed by atoms with Gasteiger partial charge in [-0.15, -0.1) is 0 Å². The Hall–Kier alpha value is -4.48. The van der Waals surface area contributed by atoms with E-state index in [9.17, 15) is 13.6 Å². The number of nitrogens with zero attached hydrogens (tertiary/aromatic N) is 5. The van der Waals surface area contributed by atoms with Gasteiger partial charge in [-0.25, -0.2) is 18.7 Å². The van der Waals surface area contributed by atoms with Crippen molar-refractivity contribution in [2.75, 3.05) is 11.1 Å². The molecule has 5 aromatic rings. The summed E-state index contributed by atoms with van der Waals surface area (Å²) in [5.74, 6) is -0.277. The first-order valence-electron chi connectivity index (χ1n) is 12.4. The van der Waals surface area contributed by atoms with Crippen LogP contribution in [0.1, 0.15) is 36.0 Å². The summed E-state index contributed by atoms with van der Waals surface area (Å²) in [6, 6.07) is 4.06. The minimum Gasteiger partial charge on any atom is -0.383 e. The number of benzene rings is 1. The first-order chi connectivity index (χ1) is 18.3. The molecule has 4 aromatic heterocycles. The Labute approximate surface area is 216 Å². The number of aryl methyl sites for hydroxylation is 2. The van der Waals surface area contributed by atoms with Gasteiger partial charge in [-0.05, 0) is 37.8 Å². The number of aromatic amines is 1. The number of nitrogens with one attached hydrogen (secondary N) is 3. The molecule has 0 bridgehead atoms. The molecule has 196 valence electrons. The Bertz CT molecular complexity index is 1690. The predicted molar refractivity (Wildman–Crippen MR) is 140 cm³/mol. The van der Waals surface area contributed by atoms with Gasteiger partial charge in [-0.2, -0.15) is 5.10 Å². The number of fused-ring (bicyclic) bond motifs is 2. The second-order valence-electron chi connectivity index (χ2n) is 9.82. The molecule has 1 fully saturated rings. The van der Waals surface area contributed by atoms with Crippen molar-refractivity contribution in [1.29, 1.82) is 0 Å². The average Bonchev–Trinajstić information content (AvgIpc) is 3.57. The highest BCUT2D eigenvalue weighted by molar-refractivity contribution is 5.98. The van der Waals surface area contributed by atoms with Crippen LogP contribution in [0, 0.1) is 11.6 Å². The zero-order valence-electron chi connectivity index (χ0n) is 20.9. The number of hydrogen-bond donors (Lipinski definition) is 4. The molecule has 1 aliphatic carbocycles. The van der Waals surface area contributed by atoms with Gasteiger partial charge in [0.1, 0.15) is 34.5 Å². The first-order valence-corrected chi connectivity index (χ1v) is 12.4. The van der Waals surface area contributed by atoms with Gasteiger partial charge in [-0.1, -0.05) is 0 Å². The van der Waals surface area contributed by atoms with E-state index in [1.165, 1.54) is 16.9 Å². The summed E-state index contributed by atoms with van der Waals surface area (Å²) in [6.45, 7) is 0. The molecule has 5 N–H and O–H groups in total. The molecule has 0 aliphatic heterocycles. The molecule has 4 heterocycles. The van der Waals surface area contributed by atoms with Crippen LogP contribution < -0.4 is 16.4 Å². The topological polar surface area (TPSA) is 131 Å². The van der Waals surface area contributed by atoms with E-state index in [2.05, 4.69) is 20.7 Å². The van der Waals surface area contributed by atoms with Gasteiger partial charge in [-0.3, -0.25) is 9.48 Å². The molecule has 6 rings (SSSR count). The quantitative estimate of drug-likeness (QED) is 0.279. The van der Waals surface area contributed by atoms with Gasteiger partial charge in [0, 0.05) is 55.6 Å². The van der Waals surface area contributed by atoms with Gasteiger partial charge in [0.05, 0.1) is 17.1 Å². The van der Waals surface area contributed by atoms with Crippen molar-refractivity contribution in [3.05, 3.63) is 54.0 Å². The number of nitrogen functional groups attached to an aromatic ring is 1. The standard InChI is InChI=1S/C26H27F2N9O/c1-36-7-6-16-23(32-14-4-3-5-15(10-14)33-26(38)19-12-31-37(2)22(19)29)34-24(35-25(16)36)18-11-30-21-17(18)8-13(27)9-20(21)28/h6-9,11-12,14-15,30H,3-5,10,29H2,1-2H3,(H,33,38)(H,32,34,35)/t14-,15+/m0/s1. The maximum Gasteiger partial charge on any atom is 0.256 e. The fourth-order valence-electron chi connectivity index (χ4n) is 5.24. The molecule has 12 heteroatoms. The number of halogens is 2. The van der Waals surface area contributed by atoms with E-state index in [1.807, 2.05) is 23.9 Å². The van der Waals surface area contributed by atoms with Crippen molar-refractivity contribution in [3.63, 3.8) is 0 Å². The Morgan fingerprint density at radius 3 is 2.76 bits per heavy atom. The molecule has 1 aromatic carbocycles. The summed E-state index contributed by atoms with van der Waals surface area (Å²) in [7, 11) is 3.57. The highest BCUT2D eigenvalue weighted by Gasteiger charge is 2.26. The number of H-pyrrole nitrogens is 1. The first kappa shape index (κ1) is 23.9. The normalized spacial score (nSPS) is 17.8. The third-order valence-electron chi connectivity index (χ3n) is 7.25. The van der Waals surface area contributed by atoms with Gasteiger partial charge in [0.15, 0.2) is 5.82 Å². The van der Waals surface area contributed by atoms with Crippen molar-refractivity contribution in [1.82, 2.24) is 34.6 Å². The van der Waals surface area contributed by atoms with Crippen LogP contribution in [0.5, 0.6) is 0 Å². The number of nitrogens with two attached hydrogens (primary N) is 1. The number of aromatic nitrogens is 6. The van der Waals surface area contributed by atoms with Crippen LogP contribution in [0.25, 0.3) is 33.3 Å². The molecule has 38 heavy (non-hydrogen) atoms. The SMILES string of the molecule is Cn1ncc(C(=O)N[C@@H]2CCC[C@H](Nc3nc(-c4c[nH]c5c(F)cc(F)cc45)nc4c3ccn4C)C2)c1N. The lowest BCUT2D eigenvalue weighted by molar-refractivity contribution is 0.0927. The van der Waals surface area contributed by atoms with Gasteiger partial charge >= 0.3 is 0 Å². The number of hydrogen-bond acceptors (Lipinski definition) is 6. The van der Waals surface area contributed by atoms with E-state index < -0.39 is 11.6 Å². The molecule has 1 aliphatic rings. The Morgan fingerprint density at radius 1 is 1.16 bits per heavy atom. The lowest BCUT2D eigenvalue weighted by atomic mass is 9.90. The van der Waals surface area contributed by atoms with Crippen LogP contribution in [-0.2, 0) is 14.1 Å². The van der Waals surface area contributed by atoms with Crippen LogP contribution in [-0.4, -0.2) is 47.3 Å². The second-order valence-corrected chi connectivity index (χ2v) is 9.82. The van der Waals surface area contributed by atoms with Gasteiger partial charge < -0.3 is 25.9 Å². The maximum absolute atomic E-state index is 14.3. The van der Waals surface area contributed by atoms with Crippen LogP contribution in [0.4, 0.5) is 20.4 Å². The monoisotopic (exact) mass is 519 g/mol. The van der Waals surface area contributed by atoms with Crippen molar-refractivity contribution in [3.8, 4) is 11.4 Å². The van der Waals surface area contributed by atoms with E-state index in [0.717, 1.165) is 30.7 Å². The molecule has 0 spiro atoms. The van der Waals surface area contributed by atoms with Crippen LogP contribution >= 0.6 is 0 Å². The summed E-state index contributed by atoms with van der Waals surface area (Å²) < 4.78 is 31.7. The smallest absolute Gasteiger partial charge is 0.256 e. The van der Waals surface area contributed by atoms with E-state index in [4.69, 9.17) is 15.7 Å². The predicted octanol–water partition coefficient (Wildman–Crippen LogP) is 3.86. The highest BCUT2D eigenvalue weighted by Crippen LogP contribution is 2.33. The van der Waals surface area contributed by atoms with Crippen LogP contribution in [0.2, 0.25) is 0 Å². The van der Waals surface area contributed by atoms with Crippen molar-refractivity contribution in [2.24, 2.45) is 14.1 Å². The van der Waals surface area contributed by atoms with E-state index in [0.29, 0.717) is 46.0 Å². The minimum absolute atomic E-state index is 0.0412. The average molecular weight is 520 g/mol.